The standard InChI is InChI=1S/C23H25N3O3/c1-17(25-21(27)14-11-18-6-3-2-4-7-18)23(29)24-16-19-9-12-20(13-10-19)26-15-5-8-22(26)28/h2-4,6-7,9-14,17H,5,8,15-16H2,1H3,(H,24,29)(H,25,27)/b14-11+. The quantitative estimate of drug-likeness (QED) is 0.713. The molecular formula is C23H25N3O3. The van der Waals surface area contributed by atoms with Crippen LogP contribution in [0.2, 0.25) is 0 Å². The highest BCUT2D eigenvalue weighted by atomic mass is 16.2. The molecule has 6 heteroatoms. The van der Waals surface area contributed by atoms with Gasteiger partial charge in [-0.1, -0.05) is 42.5 Å². The van der Waals surface area contributed by atoms with Crippen LogP contribution in [0.1, 0.15) is 30.9 Å². The maximum Gasteiger partial charge on any atom is 0.244 e. The van der Waals surface area contributed by atoms with E-state index in [1.54, 1.807) is 17.9 Å². The summed E-state index contributed by atoms with van der Waals surface area (Å²) in [6, 6.07) is 16.4. The molecule has 0 radical (unpaired) electrons. The number of benzene rings is 2. The predicted octanol–water partition coefficient (Wildman–Crippen LogP) is 2.65. The van der Waals surface area contributed by atoms with Gasteiger partial charge in [-0.3, -0.25) is 14.4 Å². The van der Waals surface area contributed by atoms with Crippen molar-refractivity contribution in [3.63, 3.8) is 0 Å². The molecule has 1 unspecified atom stereocenters. The molecule has 3 amide bonds. The van der Waals surface area contributed by atoms with E-state index in [-0.39, 0.29) is 17.7 Å². The molecule has 150 valence electrons. The van der Waals surface area contributed by atoms with Gasteiger partial charge in [-0.15, -0.1) is 0 Å². The van der Waals surface area contributed by atoms with Crippen LogP contribution in [-0.2, 0) is 20.9 Å². The molecule has 29 heavy (non-hydrogen) atoms. The molecule has 6 nitrogen and oxygen atoms in total. The molecule has 3 rings (SSSR count). The number of amides is 3. The summed E-state index contributed by atoms with van der Waals surface area (Å²) in [5, 5.41) is 5.47. The Balaban J connectivity index is 1.45. The molecule has 2 aromatic rings. The maximum absolute atomic E-state index is 12.2. The van der Waals surface area contributed by atoms with E-state index in [0.717, 1.165) is 29.8 Å². The van der Waals surface area contributed by atoms with Gasteiger partial charge in [-0.2, -0.15) is 0 Å². The van der Waals surface area contributed by atoms with Crippen LogP contribution in [0.15, 0.2) is 60.7 Å². The topological polar surface area (TPSA) is 78.5 Å². The van der Waals surface area contributed by atoms with Crippen LogP contribution in [0, 0.1) is 0 Å². The first kappa shape index (κ1) is 20.3. The molecule has 0 bridgehead atoms. The van der Waals surface area contributed by atoms with Crippen LogP contribution < -0.4 is 15.5 Å². The minimum atomic E-state index is -0.649. The molecule has 1 aliphatic rings. The fourth-order valence-corrected chi connectivity index (χ4v) is 3.12. The lowest BCUT2D eigenvalue weighted by Crippen LogP contribution is -2.44. The molecule has 1 heterocycles. The Labute approximate surface area is 170 Å². The molecule has 1 saturated heterocycles. The number of rotatable bonds is 7. The highest BCUT2D eigenvalue weighted by molar-refractivity contribution is 5.96. The second-order valence-corrected chi connectivity index (χ2v) is 7.01. The third-order valence-corrected chi connectivity index (χ3v) is 4.77. The van der Waals surface area contributed by atoms with Crippen molar-refractivity contribution >= 4 is 29.5 Å². The van der Waals surface area contributed by atoms with Crippen molar-refractivity contribution < 1.29 is 14.4 Å². The summed E-state index contributed by atoms with van der Waals surface area (Å²) in [7, 11) is 0. The molecule has 0 spiro atoms. The fraction of sp³-hybridized carbons (Fsp3) is 0.261. The summed E-state index contributed by atoms with van der Waals surface area (Å²) in [6.07, 6.45) is 4.60. The van der Waals surface area contributed by atoms with Gasteiger partial charge in [0.1, 0.15) is 6.04 Å². The monoisotopic (exact) mass is 391 g/mol. The third-order valence-electron chi connectivity index (χ3n) is 4.77. The van der Waals surface area contributed by atoms with E-state index in [0.29, 0.717) is 13.0 Å². The van der Waals surface area contributed by atoms with E-state index in [2.05, 4.69) is 10.6 Å². The predicted molar refractivity (Wildman–Crippen MR) is 113 cm³/mol. The molecular weight excluding hydrogens is 366 g/mol. The van der Waals surface area contributed by atoms with E-state index in [4.69, 9.17) is 0 Å². The minimum Gasteiger partial charge on any atom is -0.350 e. The maximum atomic E-state index is 12.2. The van der Waals surface area contributed by atoms with Gasteiger partial charge in [0.15, 0.2) is 0 Å². The summed E-state index contributed by atoms with van der Waals surface area (Å²) >= 11 is 0. The summed E-state index contributed by atoms with van der Waals surface area (Å²) in [4.78, 5) is 37.8. The Morgan fingerprint density at radius 2 is 1.83 bits per heavy atom. The first-order chi connectivity index (χ1) is 14.0. The van der Waals surface area contributed by atoms with Crippen molar-refractivity contribution in [2.24, 2.45) is 0 Å². The zero-order valence-corrected chi connectivity index (χ0v) is 16.4. The SMILES string of the molecule is CC(NC(=O)/C=C/c1ccccc1)C(=O)NCc1ccc(N2CCCC2=O)cc1. The number of nitrogens with zero attached hydrogens (tertiary/aromatic N) is 1. The number of hydrogen-bond donors (Lipinski definition) is 2. The normalized spacial score (nSPS) is 14.8. The van der Waals surface area contributed by atoms with E-state index >= 15 is 0 Å². The first-order valence-corrected chi connectivity index (χ1v) is 9.73. The van der Waals surface area contributed by atoms with Gasteiger partial charge in [0.2, 0.25) is 17.7 Å². The van der Waals surface area contributed by atoms with Crippen molar-refractivity contribution in [2.45, 2.75) is 32.4 Å². The van der Waals surface area contributed by atoms with Crippen molar-refractivity contribution in [3.8, 4) is 0 Å². The molecule has 2 N–H and O–H groups in total. The van der Waals surface area contributed by atoms with Gasteiger partial charge in [0, 0.05) is 31.3 Å². The number of carbonyl (C=O) groups excluding carboxylic acids is 3. The van der Waals surface area contributed by atoms with E-state index in [1.807, 2.05) is 54.6 Å². The molecule has 1 fully saturated rings. The Morgan fingerprint density at radius 3 is 2.48 bits per heavy atom. The van der Waals surface area contributed by atoms with Gasteiger partial charge < -0.3 is 15.5 Å². The number of nitrogens with one attached hydrogen (secondary N) is 2. The van der Waals surface area contributed by atoms with Crippen LogP contribution in [0.25, 0.3) is 6.08 Å². The van der Waals surface area contributed by atoms with Crippen molar-refractivity contribution in [1.82, 2.24) is 10.6 Å². The lowest BCUT2D eigenvalue weighted by atomic mass is 10.2. The van der Waals surface area contributed by atoms with Crippen LogP contribution in [0.4, 0.5) is 5.69 Å². The second-order valence-electron chi connectivity index (χ2n) is 7.01. The van der Waals surface area contributed by atoms with E-state index < -0.39 is 6.04 Å². The Bertz CT molecular complexity index is 891. The van der Waals surface area contributed by atoms with Gasteiger partial charge >= 0.3 is 0 Å². The zero-order chi connectivity index (χ0) is 20.6. The van der Waals surface area contributed by atoms with Crippen molar-refractivity contribution in [3.05, 3.63) is 71.8 Å². The Kier molecular flexibility index (Phi) is 6.79. The average molecular weight is 391 g/mol. The van der Waals surface area contributed by atoms with E-state index in [1.165, 1.54) is 6.08 Å². The van der Waals surface area contributed by atoms with Gasteiger partial charge in [-0.05, 0) is 42.7 Å². The molecule has 1 atom stereocenters. The summed E-state index contributed by atoms with van der Waals surface area (Å²) < 4.78 is 0. The highest BCUT2D eigenvalue weighted by Gasteiger charge is 2.21. The van der Waals surface area contributed by atoms with Crippen molar-refractivity contribution in [2.75, 3.05) is 11.4 Å². The number of anilines is 1. The molecule has 0 saturated carbocycles. The summed E-state index contributed by atoms with van der Waals surface area (Å²) in [6.45, 7) is 2.75. The second kappa shape index (κ2) is 9.68. The number of hydrogen-bond acceptors (Lipinski definition) is 3. The van der Waals surface area contributed by atoms with Crippen LogP contribution in [0.5, 0.6) is 0 Å². The minimum absolute atomic E-state index is 0.150. The largest absolute Gasteiger partial charge is 0.350 e. The van der Waals surface area contributed by atoms with Gasteiger partial charge in [0.25, 0.3) is 0 Å². The lowest BCUT2D eigenvalue weighted by molar-refractivity contribution is -0.126. The van der Waals surface area contributed by atoms with Crippen LogP contribution in [0.3, 0.4) is 0 Å². The fourth-order valence-electron chi connectivity index (χ4n) is 3.12. The Hall–Kier alpha value is -3.41. The summed E-state index contributed by atoms with van der Waals surface area (Å²) in [5.41, 5.74) is 2.73. The average Bonchev–Trinajstić information content (AvgIpc) is 3.17. The third kappa shape index (κ3) is 5.78. The smallest absolute Gasteiger partial charge is 0.244 e. The number of carbonyl (C=O) groups is 3. The zero-order valence-electron chi connectivity index (χ0n) is 16.4. The molecule has 1 aliphatic heterocycles. The first-order valence-electron chi connectivity index (χ1n) is 9.73. The van der Waals surface area contributed by atoms with Crippen LogP contribution >= 0.6 is 0 Å². The van der Waals surface area contributed by atoms with Crippen molar-refractivity contribution in [1.29, 1.82) is 0 Å². The highest BCUT2D eigenvalue weighted by Crippen LogP contribution is 2.21. The van der Waals surface area contributed by atoms with Gasteiger partial charge in [-0.25, -0.2) is 0 Å². The Morgan fingerprint density at radius 1 is 1.10 bits per heavy atom. The van der Waals surface area contributed by atoms with Crippen LogP contribution in [-0.4, -0.2) is 30.3 Å². The molecule has 0 aliphatic carbocycles. The van der Waals surface area contributed by atoms with Gasteiger partial charge in [0.05, 0.1) is 0 Å². The van der Waals surface area contributed by atoms with E-state index in [9.17, 15) is 14.4 Å². The lowest BCUT2D eigenvalue weighted by Gasteiger charge is -2.16. The molecule has 0 aromatic heterocycles. The summed E-state index contributed by atoms with van der Waals surface area (Å²) in [5.74, 6) is -0.432. The molecule has 2 aromatic carbocycles.